The van der Waals surface area contributed by atoms with Gasteiger partial charge in [0.25, 0.3) is 0 Å². The van der Waals surface area contributed by atoms with E-state index in [0.29, 0.717) is 23.8 Å². The van der Waals surface area contributed by atoms with Crippen molar-refractivity contribution in [1.29, 1.82) is 0 Å². The van der Waals surface area contributed by atoms with Crippen molar-refractivity contribution in [2.45, 2.75) is 19.3 Å². The lowest BCUT2D eigenvalue weighted by Gasteiger charge is -2.19. The summed E-state index contributed by atoms with van der Waals surface area (Å²) in [5.41, 5.74) is 7.24. The number of nitrogen functional groups attached to an aromatic ring is 1. The van der Waals surface area contributed by atoms with Crippen LogP contribution in [0.1, 0.15) is 24.1 Å². The number of nitrogens with two attached hydrogens (primary N) is 1. The van der Waals surface area contributed by atoms with Gasteiger partial charge in [-0.2, -0.15) is 0 Å². The summed E-state index contributed by atoms with van der Waals surface area (Å²) >= 11 is 0. The van der Waals surface area contributed by atoms with Crippen LogP contribution < -0.4 is 15.2 Å². The molecule has 0 unspecified atom stereocenters. The number of anilines is 1. The first-order chi connectivity index (χ1) is 12.2. The van der Waals surface area contributed by atoms with Gasteiger partial charge in [-0.25, -0.2) is 12.8 Å². The molecule has 0 amide bonds. The minimum absolute atomic E-state index is 0.0939. The summed E-state index contributed by atoms with van der Waals surface area (Å²) < 4.78 is 47.9. The van der Waals surface area contributed by atoms with Crippen molar-refractivity contribution < 1.29 is 22.3 Å². The third-order valence-corrected chi connectivity index (χ3v) is 4.88. The molecule has 1 atom stereocenters. The van der Waals surface area contributed by atoms with Gasteiger partial charge in [0, 0.05) is 18.2 Å². The lowest BCUT2D eigenvalue weighted by Crippen LogP contribution is -2.17. The summed E-state index contributed by atoms with van der Waals surface area (Å²) in [5.74, 6) is 0.0622. The highest BCUT2D eigenvalue weighted by Crippen LogP contribution is 2.33. The molecule has 0 saturated heterocycles. The fourth-order valence-corrected chi connectivity index (χ4v) is 3.78. The Bertz CT molecular complexity index is 871. The van der Waals surface area contributed by atoms with E-state index in [2.05, 4.69) is 4.98 Å². The number of aromatic nitrogens is 1. The van der Waals surface area contributed by atoms with Gasteiger partial charge >= 0.3 is 0 Å². The zero-order valence-corrected chi connectivity index (χ0v) is 15.8. The molecule has 0 spiro atoms. The standard InChI is InChI=1S/C18H23FN2O4S/c1-4-25-18-8-12(5-6-17(18)24-2)13(11-26(3,22)23)7-16-15(20)9-14(19)10-21-16/h5-6,8-10,13H,4,7,11,20H2,1-3H3/t13-/m1/s1. The fraction of sp³-hybridized carbons (Fsp3) is 0.389. The lowest BCUT2D eigenvalue weighted by atomic mass is 9.94. The summed E-state index contributed by atoms with van der Waals surface area (Å²) in [6.45, 7) is 2.30. The summed E-state index contributed by atoms with van der Waals surface area (Å²) in [6.07, 6.45) is 2.51. The van der Waals surface area contributed by atoms with Gasteiger partial charge in [0.05, 0.1) is 37.0 Å². The Hall–Kier alpha value is -2.35. The number of benzene rings is 1. The van der Waals surface area contributed by atoms with E-state index in [1.54, 1.807) is 18.2 Å². The molecule has 1 aromatic carbocycles. The molecule has 0 radical (unpaired) electrons. The van der Waals surface area contributed by atoms with Crippen molar-refractivity contribution in [3.05, 3.63) is 47.5 Å². The van der Waals surface area contributed by atoms with Crippen LogP contribution in [0.25, 0.3) is 0 Å². The number of hydrogen-bond donors (Lipinski definition) is 1. The number of hydrogen-bond acceptors (Lipinski definition) is 6. The van der Waals surface area contributed by atoms with Crippen LogP contribution in [0.3, 0.4) is 0 Å². The Morgan fingerprint density at radius 3 is 2.58 bits per heavy atom. The Morgan fingerprint density at radius 1 is 1.27 bits per heavy atom. The van der Waals surface area contributed by atoms with Crippen LogP contribution in [0.4, 0.5) is 10.1 Å². The SMILES string of the molecule is CCOc1cc([C@H](Cc2ncc(F)cc2N)CS(C)(=O)=O)ccc1OC. The van der Waals surface area contributed by atoms with Gasteiger partial charge in [-0.3, -0.25) is 4.98 Å². The van der Waals surface area contributed by atoms with Gasteiger partial charge in [-0.15, -0.1) is 0 Å². The summed E-state index contributed by atoms with van der Waals surface area (Å²) in [4.78, 5) is 4.01. The molecule has 142 valence electrons. The maximum absolute atomic E-state index is 13.2. The quantitative estimate of drug-likeness (QED) is 0.754. The Labute approximate surface area is 153 Å². The number of halogens is 1. The second-order valence-electron chi connectivity index (χ2n) is 6.03. The largest absolute Gasteiger partial charge is 0.493 e. The molecule has 2 N–H and O–H groups in total. The van der Waals surface area contributed by atoms with Crippen LogP contribution in [0, 0.1) is 5.82 Å². The Morgan fingerprint density at radius 2 is 2.00 bits per heavy atom. The van der Waals surface area contributed by atoms with E-state index in [1.807, 2.05) is 6.92 Å². The van der Waals surface area contributed by atoms with Crippen molar-refractivity contribution in [3.8, 4) is 11.5 Å². The second-order valence-corrected chi connectivity index (χ2v) is 8.21. The number of pyridine rings is 1. The summed E-state index contributed by atoms with van der Waals surface area (Å²) in [5, 5.41) is 0. The van der Waals surface area contributed by atoms with Crippen molar-refractivity contribution in [3.63, 3.8) is 0 Å². The average Bonchev–Trinajstić information content (AvgIpc) is 2.55. The number of nitrogens with zero attached hydrogens (tertiary/aromatic N) is 1. The average molecular weight is 382 g/mol. The zero-order chi connectivity index (χ0) is 19.3. The molecule has 0 aliphatic rings. The van der Waals surface area contributed by atoms with Crippen molar-refractivity contribution in [2.75, 3.05) is 31.5 Å². The van der Waals surface area contributed by atoms with E-state index in [4.69, 9.17) is 15.2 Å². The lowest BCUT2D eigenvalue weighted by molar-refractivity contribution is 0.310. The first kappa shape index (κ1) is 20.0. The third-order valence-electron chi connectivity index (χ3n) is 3.87. The summed E-state index contributed by atoms with van der Waals surface area (Å²) in [7, 11) is -1.73. The molecular formula is C18H23FN2O4S. The van der Waals surface area contributed by atoms with Gasteiger partial charge in [-0.05, 0) is 31.0 Å². The van der Waals surface area contributed by atoms with Crippen LogP contribution in [0.2, 0.25) is 0 Å². The molecule has 6 nitrogen and oxygen atoms in total. The molecule has 0 bridgehead atoms. The molecule has 0 fully saturated rings. The first-order valence-electron chi connectivity index (χ1n) is 8.11. The third kappa shape index (κ3) is 5.32. The van der Waals surface area contributed by atoms with Gasteiger partial charge in [0.15, 0.2) is 11.5 Å². The highest BCUT2D eigenvalue weighted by Gasteiger charge is 2.22. The maximum Gasteiger partial charge on any atom is 0.161 e. The van der Waals surface area contributed by atoms with Crippen LogP contribution in [-0.4, -0.2) is 39.1 Å². The Balaban J connectivity index is 2.42. The van der Waals surface area contributed by atoms with E-state index in [9.17, 15) is 12.8 Å². The van der Waals surface area contributed by atoms with E-state index in [0.717, 1.165) is 11.8 Å². The minimum atomic E-state index is -3.27. The van der Waals surface area contributed by atoms with Crippen molar-refractivity contribution in [1.82, 2.24) is 4.98 Å². The number of methoxy groups -OCH3 is 1. The zero-order valence-electron chi connectivity index (χ0n) is 15.0. The topological polar surface area (TPSA) is 91.5 Å². The van der Waals surface area contributed by atoms with Crippen LogP contribution in [-0.2, 0) is 16.3 Å². The molecule has 8 heteroatoms. The predicted molar refractivity (Wildman–Crippen MR) is 98.9 cm³/mol. The molecule has 0 aliphatic carbocycles. The minimum Gasteiger partial charge on any atom is -0.493 e. The Kier molecular flexibility index (Phi) is 6.42. The van der Waals surface area contributed by atoms with E-state index in [-0.39, 0.29) is 17.9 Å². The highest BCUT2D eigenvalue weighted by molar-refractivity contribution is 7.90. The molecule has 0 aliphatic heterocycles. The predicted octanol–water partition coefficient (Wildman–Crippen LogP) is 2.58. The number of sulfone groups is 1. The van der Waals surface area contributed by atoms with E-state index in [1.165, 1.54) is 19.4 Å². The van der Waals surface area contributed by atoms with Crippen molar-refractivity contribution >= 4 is 15.5 Å². The van der Waals surface area contributed by atoms with Gasteiger partial charge in [0.2, 0.25) is 0 Å². The normalized spacial score (nSPS) is 12.6. The van der Waals surface area contributed by atoms with Crippen LogP contribution in [0.5, 0.6) is 11.5 Å². The van der Waals surface area contributed by atoms with Crippen LogP contribution >= 0.6 is 0 Å². The number of rotatable bonds is 8. The molecule has 1 heterocycles. The van der Waals surface area contributed by atoms with Gasteiger partial charge < -0.3 is 15.2 Å². The smallest absolute Gasteiger partial charge is 0.161 e. The van der Waals surface area contributed by atoms with Gasteiger partial charge in [-0.1, -0.05) is 6.07 Å². The van der Waals surface area contributed by atoms with E-state index >= 15 is 0 Å². The van der Waals surface area contributed by atoms with Crippen LogP contribution in [0.15, 0.2) is 30.5 Å². The highest BCUT2D eigenvalue weighted by atomic mass is 32.2. The number of ether oxygens (including phenoxy) is 2. The maximum atomic E-state index is 13.2. The monoisotopic (exact) mass is 382 g/mol. The molecule has 2 aromatic rings. The fourth-order valence-electron chi connectivity index (χ4n) is 2.74. The van der Waals surface area contributed by atoms with Crippen molar-refractivity contribution in [2.24, 2.45) is 0 Å². The molecule has 26 heavy (non-hydrogen) atoms. The molecule has 0 saturated carbocycles. The molecule has 2 rings (SSSR count). The molecular weight excluding hydrogens is 359 g/mol. The first-order valence-corrected chi connectivity index (χ1v) is 10.2. The second kappa shape index (κ2) is 8.35. The molecule has 1 aromatic heterocycles. The van der Waals surface area contributed by atoms with Gasteiger partial charge in [0.1, 0.15) is 15.7 Å². The summed E-state index contributed by atoms with van der Waals surface area (Å²) in [6, 6.07) is 6.46. The van der Waals surface area contributed by atoms with E-state index < -0.39 is 21.6 Å².